The van der Waals surface area contributed by atoms with Gasteiger partial charge in [-0.15, -0.1) is 0 Å². The first kappa shape index (κ1) is 24.1. The van der Waals surface area contributed by atoms with Crippen molar-refractivity contribution < 1.29 is 27.4 Å². The van der Waals surface area contributed by atoms with Gasteiger partial charge in [0.1, 0.15) is 12.4 Å². The summed E-state index contributed by atoms with van der Waals surface area (Å²) in [5.41, 5.74) is 8.36. The highest BCUT2D eigenvalue weighted by atomic mass is 19.4. The number of nitrogens with two attached hydrogens (primary N) is 1. The molecule has 0 atom stereocenters. The molecule has 0 radical (unpaired) electrons. The highest BCUT2D eigenvalue weighted by Gasteiger charge is 2.30. The lowest BCUT2D eigenvalue weighted by Gasteiger charge is -2.26. The first-order valence-electron chi connectivity index (χ1n) is 11.6. The molecule has 1 saturated heterocycles. The monoisotopic (exact) mass is 498 g/mol. The quantitative estimate of drug-likeness (QED) is 0.400. The van der Waals surface area contributed by atoms with E-state index < -0.39 is 17.6 Å². The summed E-state index contributed by atoms with van der Waals surface area (Å²) in [6.07, 6.45) is -4.46. The van der Waals surface area contributed by atoms with Crippen molar-refractivity contribution in [2.75, 3.05) is 39.5 Å². The molecule has 1 aliphatic heterocycles. The van der Waals surface area contributed by atoms with E-state index >= 15 is 0 Å². The Kier molecular flexibility index (Phi) is 6.55. The van der Waals surface area contributed by atoms with E-state index in [1.165, 1.54) is 12.1 Å². The summed E-state index contributed by atoms with van der Waals surface area (Å²) in [6.45, 7) is 4.58. The van der Waals surface area contributed by atoms with Crippen molar-refractivity contribution in [1.29, 1.82) is 0 Å². The van der Waals surface area contributed by atoms with Crippen LogP contribution in [0.5, 0.6) is 5.75 Å². The van der Waals surface area contributed by atoms with E-state index in [2.05, 4.69) is 9.88 Å². The van der Waals surface area contributed by atoms with Gasteiger partial charge in [0.05, 0.1) is 47.4 Å². The van der Waals surface area contributed by atoms with Crippen LogP contribution in [0.15, 0.2) is 48.5 Å². The van der Waals surface area contributed by atoms with Crippen LogP contribution in [0.25, 0.3) is 33.2 Å². The highest BCUT2D eigenvalue weighted by Crippen LogP contribution is 2.34. The van der Waals surface area contributed by atoms with E-state index in [1.807, 2.05) is 18.2 Å². The van der Waals surface area contributed by atoms with Gasteiger partial charge in [-0.25, -0.2) is 4.98 Å². The Labute approximate surface area is 205 Å². The number of fused-ring (bicyclic) bond motifs is 3. The molecule has 1 fully saturated rings. The van der Waals surface area contributed by atoms with Crippen molar-refractivity contribution in [3.05, 3.63) is 59.7 Å². The topological polar surface area (TPSA) is 93.5 Å². The minimum absolute atomic E-state index is 0.0393. The lowest BCUT2D eigenvalue weighted by Crippen LogP contribution is -2.38. The molecule has 3 N–H and O–H groups in total. The molecule has 1 aliphatic rings. The molecule has 3 heterocycles. The number of nitrogens with zero attached hydrogens (tertiary/aromatic N) is 2. The average Bonchev–Trinajstić information content (AvgIpc) is 3.22. The number of aromatic nitrogens is 2. The van der Waals surface area contributed by atoms with E-state index in [0.717, 1.165) is 55.9 Å². The maximum atomic E-state index is 13.0. The second-order valence-corrected chi connectivity index (χ2v) is 8.74. The minimum atomic E-state index is -4.42. The van der Waals surface area contributed by atoms with Crippen molar-refractivity contribution >= 4 is 27.8 Å². The van der Waals surface area contributed by atoms with Crippen molar-refractivity contribution in [2.45, 2.75) is 12.6 Å². The molecular weight excluding hydrogens is 473 g/mol. The number of alkyl halides is 3. The Morgan fingerprint density at radius 1 is 1.11 bits per heavy atom. The van der Waals surface area contributed by atoms with Crippen LogP contribution in [0.4, 0.5) is 13.2 Å². The third kappa shape index (κ3) is 5.14. The molecule has 1 amide bonds. The number of primary amides is 1. The van der Waals surface area contributed by atoms with Gasteiger partial charge in [0.25, 0.3) is 0 Å². The van der Waals surface area contributed by atoms with Crippen molar-refractivity contribution in [2.24, 2.45) is 5.73 Å². The molecule has 4 aromatic rings. The van der Waals surface area contributed by atoms with E-state index in [1.54, 1.807) is 6.07 Å². The maximum Gasteiger partial charge on any atom is 0.416 e. The van der Waals surface area contributed by atoms with E-state index in [0.29, 0.717) is 40.2 Å². The summed E-state index contributed by atoms with van der Waals surface area (Å²) >= 11 is 0. The lowest BCUT2D eigenvalue weighted by atomic mass is 10.0. The number of hydrogen-bond acceptors (Lipinski definition) is 5. The first-order valence-corrected chi connectivity index (χ1v) is 11.6. The molecule has 0 unspecified atom stereocenters. The molecule has 0 aliphatic carbocycles. The van der Waals surface area contributed by atoms with Gasteiger partial charge in [0, 0.05) is 36.7 Å². The Morgan fingerprint density at radius 3 is 2.56 bits per heavy atom. The molecule has 7 nitrogen and oxygen atoms in total. The summed E-state index contributed by atoms with van der Waals surface area (Å²) < 4.78 is 50.3. The van der Waals surface area contributed by atoms with Crippen LogP contribution in [0, 0.1) is 0 Å². The zero-order valence-corrected chi connectivity index (χ0v) is 19.4. The molecule has 0 saturated carbocycles. The molecule has 0 spiro atoms. The third-order valence-electron chi connectivity index (χ3n) is 6.26. The largest absolute Gasteiger partial charge is 0.492 e. The first-order chi connectivity index (χ1) is 17.3. The van der Waals surface area contributed by atoms with Crippen LogP contribution in [0.1, 0.15) is 11.1 Å². The fourth-order valence-corrected chi connectivity index (χ4v) is 4.41. The number of carbonyl (C=O) groups excluding carboxylic acids is 1. The number of benzene rings is 2. The Balaban J connectivity index is 1.47. The van der Waals surface area contributed by atoms with Crippen molar-refractivity contribution in [3.8, 4) is 17.0 Å². The number of nitrogens with one attached hydrogen (secondary N) is 1. The number of morpholine rings is 1. The molecule has 10 heteroatoms. The minimum Gasteiger partial charge on any atom is -0.492 e. The average molecular weight is 499 g/mol. The van der Waals surface area contributed by atoms with Crippen molar-refractivity contribution in [1.82, 2.24) is 14.9 Å². The SMILES string of the molecule is NC(=O)Cc1cc(-c2ccc(C(F)(F)F)cc2)nc2c1[nH]c1cc(OCCN3CCOCC3)ccc12. The number of H-pyrrole nitrogens is 1. The van der Waals surface area contributed by atoms with Crippen LogP contribution in [0.2, 0.25) is 0 Å². The molecule has 0 bridgehead atoms. The van der Waals surface area contributed by atoms with Crippen LogP contribution >= 0.6 is 0 Å². The number of carbonyl (C=O) groups is 1. The summed E-state index contributed by atoms with van der Waals surface area (Å²) in [6, 6.07) is 12.1. The van der Waals surface area contributed by atoms with Crippen LogP contribution in [-0.2, 0) is 22.1 Å². The summed E-state index contributed by atoms with van der Waals surface area (Å²) in [5.74, 6) is 0.174. The number of rotatable bonds is 7. The zero-order chi connectivity index (χ0) is 25.3. The number of halogens is 3. The van der Waals surface area contributed by atoms with Gasteiger partial charge in [0.15, 0.2) is 0 Å². The number of hydrogen-bond donors (Lipinski definition) is 2. The molecule has 2 aromatic carbocycles. The lowest BCUT2D eigenvalue weighted by molar-refractivity contribution is -0.137. The van der Waals surface area contributed by atoms with Crippen molar-refractivity contribution in [3.63, 3.8) is 0 Å². The summed E-state index contributed by atoms with van der Waals surface area (Å²) in [4.78, 5) is 22.1. The molecule has 188 valence electrons. The second kappa shape index (κ2) is 9.79. The number of ether oxygens (including phenoxy) is 2. The van der Waals surface area contributed by atoms with E-state index in [9.17, 15) is 18.0 Å². The zero-order valence-electron chi connectivity index (χ0n) is 19.4. The summed E-state index contributed by atoms with van der Waals surface area (Å²) in [5, 5.41) is 0.810. The van der Waals surface area contributed by atoms with Gasteiger partial charge < -0.3 is 20.2 Å². The molecular formula is C26H25F3N4O3. The second-order valence-electron chi connectivity index (χ2n) is 8.74. The van der Waals surface area contributed by atoms with Crippen LogP contribution in [0.3, 0.4) is 0 Å². The number of amides is 1. The van der Waals surface area contributed by atoms with Gasteiger partial charge in [-0.05, 0) is 35.9 Å². The number of pyridine rings is 1. The smallest absolute Gasteiger partial charge is 0.416 e. The van der Waals surface area contributed by atoms with E-state index in [4.69, 9.17) is 20.2 Å². The Bertz CT molecular complexity index is 1390. The third-order valence-corrected chi connectivity index (χ3v) is 6.26. The number of aromatic amines is 1. The van der Waals surface area contributed by atoms with E-state index in [-0.39, 0.29) is 6.42 Å². The standard InChI is InChI=1S/C26H25F3N4O3/c27-26(28,29)18-3-1-16(2-4-18)21-13-17(14-23(30)34)24-25(31-21)20-6-5-19(15-22(20)32-24)36-12-9-33-7-10-35-11-8-33/h1-6,13,15,32H,7-12,14H2,(H2,30,34). The predicted octanol–water partition coefficient (Wildman–Crippen LogP) is 4.14. The summed E-state index contributed by atoms with van der Waals surface area (Å²) in [7, 11) is 0. The van der Waals surface area contributed by atoms with Gasteiger partial charge in [-0.2, -0.15) is 13.2 Å². The highest BCUT2D eigenvalue weighted by molar-refractivity contribution is 6.07. The fraction of sp³-hybridized carbons (Fsp3) is 0.308. The molecule has 36 heavy (non-hydrogen) atoms. The molecule has 5 rings (SSSR count). The van der Waals surface area contributed by atoms with Gasteiger partial charge in [0.2, 0.25) is 5.91 Å². The van der Waals surface area contributed by atoms with Crippen LogP contribution < -0.4 is 10.5 Å². The van der Waals surface area contributed by atoms with Gasteiger partial charge >= 0.3 is 6.18 Å². The Morgan fingerprint density at radius 2 is 1.86 bits per heavy atom. The predicted molar refractivity (Wildman–Crippen MR) is 130 cm³/mol. The van der Waals surface area contributed by atoms with Crippen LogP contribution in [-0.4, -0.2) is 60.2 Å². The normalized spacial score (nSPS) is 15.0. The van der Waals surface area contributed by atoms with Gasteiger partial charge in [-0.3, -0.25) is 9.69 Å². The van der Waals surface area contributed by atoms with Gasteiger partial charge in [-0.1, -0.05) is 12.1 Å². The maximum absolute atomic E-state index is 13.0. The molecule has 2 aromatic heterocycles. The fourth-order valence-electron chi connectivity index (χ4n) is 4.41. The Hall–Kier alpha value is -3.63.